The van der Waals surface area contributed by atoms with Crippen LogP contribution in [0.25, 0.3) is 10.2 Å². The molecule has 6 nitrogen and oxygen atoms in total. The Bertz CT molecular complexity index is 1220. The lowest BCUT2D eigenvalue weighted by molar-refractivity contribution is -0.115. The van der Waals surface area contributed by atoms with Crippen molar-refractivity contribution >= 4 is 61.4 Å². The molecule has 0 aliphatic heterocycles. The van der Waals surface area contributed by atoms with Gasteiger partial charge in [0.1, 0.15) is 21.9 Å². The van der Waals surface area contributed by atoms with Gasteiger partial charge in [0.05, 0.1) is 18.5 Å². The molecular weight excluding hydrogens is 436 g/mol. The second-order valence-corrected chi connectivity index (χ2v) is 9.58. The van der Waals surface area contributed by atoms with Gasteiger partial charge in [0.15, 0.2) is 5.13 Å². The molecule has 0 fully saturated rings. The number of aromatic nitrogens is 3. The van der Waals surface area contributed by atoms with Crippen molar-refractivity contribution < 1.29 is 9.53 Å². The van der Waals surface area contributed by atoms with E-state index in [1.807, 2.05) is 29.6 Å². The molecule has 0 saturated carbocycles. The van der Waals surface area contributed by atoms with Crippen molar-refractivity contribution in [2.45, 2.75) is 31.6 Å². The molecule has 0 aliphatic carbocycles. The Kier molecular flexibility index (Phi) is 6.03. The first kappa shape index (κ1) is 20.8. The zero-order valence-electron chi connectivity index (χ0n) is 17.0. The third-order valence-electron chi connectivity index (χ3n) is 4.66. The van der Waals surface area contributed by atoms with Gasteiger partial charge in [-0.05, 0) is 31.5 Å². The number of methoxy groups -OCH3 is 1. The number of ether oxygens (including phenoxy) is 1. The molecule has 9 heteroatoms. The first-order valence-electron chi connectivity index (χ1n) is 9.21. The Hall–Kier alpha value is -2.49. The monoisotopic (exact) mass is 456 g/mol. The highest BCUT2D eigenvalue weighted by molar-refractivity contribution is 7.98. The second-order valence-electron chi connectivity index (χ2n) is 6.58. The maximum Gasteiger partial charge on any atom is 0.230 e. The topological polar surface area (TPSA) is 68.2 Å². The predicted octanol–water partition coefficient (Wildman–Crippen LogP) is 5.75. The summed E-state index contributed by atoms with van der Waals surface area (Å²) >= 11 is 4.77. The number of aryl methyl sites for hydroxylation is 2. The quantitative estimate of drug-likeness (QED) is 0.272. The van der Waals surface area contributed by atoms with Crippen molar-refractivity contribution in [2.24, 2.45) is 0 Å². The molecule has 0 bridgehead atoms. The zero-order valence-corrected chi connectivity index (χ0v) is 19.5. The molecule has 0 aliphatic rings. The zero-order chi connectivity index (χ0) is 21.3. The minimum Gasteiger partial charge on any atom is -0.495 e. The van der Waals surface area contributed by atoms with Crippen LogP contribution < -0.4 is 9.64 Å². The first-order chi connectivity index (χ1) is 14.5. The van der Waals surface area contributed by atoms with Gasteiger partial charge in [0.2, 0.25) is 5.91 Å². The van der Waals surface area contributed by atoms with Gasteiger partial charge >= 0.3 is 0 Å². The summed E-state index contributed by atoms with van der Waals surface area (Å²) in [5.74, 6) is 1.18. The smallest absolute Gasteiger partial charge is 0.230 e. The number of benzene rings is 1. The summed E-state index contributed by atoms with van der Waals surface area (Å²) in [7, 11) is 1.59. The Morgan fingerprint density at radius 2 is 2.03 bits per heavy atom. The average molecular weight is 457 g/mol. The van der Waals surface area contributed by atoms with Gasteiger partial charge < -0.3 is 4.74 Å². The van der Waals surface area contributed by atoms with Crippen LogP contribution in [0.1, 0.15) is 23.1 Å². The normalized spacial score (nSPS) is 11.1. The largest absolute Gasteiger partial charge is 0.495 e. The highest BCUT2D eigenvalue weighted by Gasteiger charge is 2.21. The summed E-state index contributed by atoms with van der Waals surface area (Å²) in [5.41, 5.74) is 2.82. The molecule has 0 spiro atoms. The Labute approximate surface area is 187 Å². The minimum atomic E-state index is -0.116. The highest BCUT2D eigenvalue weighted by Crippen LogP contribution is 2.38. The Morgan fingerprint density at radius 3 is 2.80 bits per heavy atom. The standard InChI is InChI=1S/C21H20N4O2S3/c1-12-13(2)30-20-18(12)19(22-11-23-20)28-9-15-10-29-21(24-15)25(14(3)26)16-7-5-6-8-17(16)27-4/h5-8,10-11H,9H2,1-4H3. The number of carbonyl (C=O) groups excluding carboxylic acids is 1. The molecular formula is C21H20N4O2S3. The van der Waals surface area contributed by atoms with E-state index in [-0.39, 0.29) is 5.91 Å². The number of anilines is 2. The van der Waals surface area contributed by atoms with Gasteiger partial charge in [-0.25, -0.2) is 15.0 Å². The number of hydrogen-bond acceptors (Lipinski definition) is 8. The maximum absolute atomic E-state index is 12.4. The van der Waals surface area contributed by atoms with E-state index in [2.05, 4.69) is 23.8 Å². The summed E-state index contributed by atoms with van der Waals surface area (Å²) in [6.07, 6.45) is 1.62. The van der Waals surface area contributed by atoms with Gasteiger partial charge in [-0.15, -0.1) is 22.7 Å². The maximum atomic E-state index is 12.4. The summed E-state index contributed by atoms with van der Waals surface area (Å²) in [6, 6.07) is 7.45. The number of carbonyl (C=O) groups is 1. The Balaban J connectivity index is 1.59. The van der Waals surface area contributed by atoms with Crippen LogP contribution in [0.2, 0.25) is 0 Å². The second kappa shape index (κ2) is 8.71. The van der Waals surface area contributed by atoms with Gasteiger partial charge in [0, 0.05) is 28.3 Å². The van der Waals surface area contributed by atoms with E-state index < -0.39 is 0 Å². The molecule has 0 unspecified atom stereocenters. The van der Waals surface area contributed by atoms with E-state index in [0.29, 0.717) is 22.3 Å². The lowest BCUT2D eigenvalue weighted by Crippen LogP contribution is -2.23. The number of fused-ring (bicyclic) bond motifs is 1. The fourth-order valence-corrected chi connectivity index (χ4v) is 6.08. The fraction of sp³-hybridized carbons (Fsp3) is 0.238. The highest BCUT2D eigenvalue weighted by atomic mass is 32.2. The lowest BCUT2D eigenvalue weighted by atomic mass is 10.2. The number of thiophene rings is 1. The van der Waals surface area contributed by atoms with Crippen LogP contribution in [0.5, 0.6) is 5.75 Å². The van der Waals surface area contributed by atoms with Crippen LogP contribution in [-0.4, -0.2) is 28.0 Å². The van der Waals surface area contributed by atoms with Gasteiger partial charge in [-0.3, -0.25) is 9.69 Å². The molecule has 0 saturated heterocycles. The van der Waals surface area contributed by atoms with Crippen molar-refractivity contribution in [2.75, 3.05) is 12.0 Å². The summed E-state index contributed by atoms with van der Waals surface area (Å²) in [5, 5.41) is 4.69. The molecule has 0 radical (unpaired) electrons. The molecule has 1 aromatic carbocycles. The molecule has 4 rings (SSSR count). The number of amides is 1. The molecule has 0 atom stereocenters. The molecule has 30 heavy (non-hydrogen) atoms. The van der Waals surface area contributed by atoms with Crippen molar-refractivity contribution in [3.05, 3.63) is 52.1 Å². The van der Waals surface area contributed by atoms with Crippen LogP contribution in [-0.2, 0) is 10.5 Å². The van der Waals surface area contributed by atoms with Crippen LogP contribution >= 0.6 is 34.4 Å². The van der Waals surface area contributed by atoms with Crippen molar-refractivity contribution in [1.29, 1.82) is 0 Å². The van der Waals surface area contributed by atoms with E-state index in [0.717, 1.165) is 20.9 Å². The van der Waals surface area contributed by atoms with Crippen LogP contribution in [0.4, 0.5) is 10.8 Å². The van der Waals surface area contributed by atoms with E-state index in [9.17, 15) is 4.79 Å². The van der Waals surface area contributed by atoms with Crippen LogP contribution in [0, 0.1) is 13.8 Å². The summed E-state index contributed by atoms with van der Waals surface area (Å²) in [6.45, 7) is 5.75. The van der Waals surface area contributed by atoms with Crippen molar-refractivity contribution in [3.63, 3.8) is 0 Å². The molecule has 3 aromatic heterocycles. The van der Waals surface area contributed by atoms with Gasteiger partial charge in [0.25, 0.3) is 0 Å². The lowest BCUT2D eigenvalue weighted by Gasteiger charge is -2.20. The fourth-order valence-electron chi connectivity index (χ4n) is 3.09. The van der Waals surface area contributed by atoms with Crippen LogP contribution in [0.3, 0.4) is 0 Å². The van der Waals surface area contributed by atoms with E-state index in [1.54, 1.807) is 41.4 Å². The number of nitrogens with zero attached hydrogens (tertiary/aromatic N) is 4. The van der Waals surface area contributed by atoms with E-state index in [1.165, 1.54) is 28.7 Å². The number of thiazole rings is 1. The van der Waals surface area contributed by atoms with Gasteiger partial charge in [-0.1, -0.05) is 23.9 Å². The third kappa shape index (κ3) is 3.92. The number of para-hydroxylation sites is 2. The van der Waals surface area contributed by atoms with E-state index in [4.69, 9.17) is 9.72 Å². The molecule has 1 amide bonds. The first-order valence-corrected chi connectivity index (χ1v) is 11.9. The molecule has 3 heterocycles. The number of hydrogen-bond donors (Lipinski definition) is 0. The molecule has 4 aromatic rings. The van der Waals surface area contributed by atoms with E-state index >= 15 is 0 Å². The number of rotatable bonds is 6. The number of thioether (sulfide) groups is 1. The summed E-state index contributed by atoms with van der Waals surface area (Å²) in [4.78, 5) is 29.9. The Morgan fingerprint density at radius 1 is 1.23 bits per heavy atom. The minimum absolute atomic E-state index is 0.116. The van der Waals surface area contributed by atoms with Crippen LogP contribution in [0.15, 0.2) is 41.0 Å². The molecule has 154 valence electrons. The third-order valence-corrected chi connectivity index (χ3v) is 7.67. The summed E-state index contributed by atoms with van der Waals surface area (Å²) < 4.78 is 5.43. The predicted molar refractivity (Wildman–Crippen MR) is 124 cm³/mol. The average Bonchev–Trinajstić information content (AvgIpc) is 3.31. The van der Waals surface area contributed by atoms with Crippen molar-refractivity contribution in [3.8, 4) is 5.75 Å². The SMILES string of the molecule is COc1ccccc1N(C(C)=O)c1nc(CSc2ncnc3sc(C)c(C)c23)cs1. The van der Waals surface area contributed by atoms with Gasteiger partial charge in [-0.2, -0.15) is 0 Å². The molecule has 0 N–H and O–H groups in total. The van der Waals surface area contributed by atoms with Crippen molar-refractivity contribution in [1.82, 2.24) is 15.0 Å².